The van der Waals surface area contributed by atoms with Crippen LogP contribution in [0.15, 0.2) is 34.9 Å². The Labute approximate surface area is 112 Å². The standard InChI is InChI=1S/C15H17NO3/c1-11(17)7-8-15(18)16(2)9-12-10-19-14-6-4-3-5-13(12)14/h3-6,10H,7-9H2,1-2H3. The highest BCUT2D eigenvalue weighted by atomic mass is 16.3. The van der Waals surface area contributed by atoms with Gasteiger partial charge in [-0.1, -0.05) is 18.2 Å². The molecule has 0 bridgehead atoms. The third kappa shape index (κ3) is 3.22. The van der Waals surface area contributed by atoms with Crippen molar-refractivity contribution in [3.8, 4) is 0 Å². The third-order valence-electron chi connectivity index (χ3n) is 3.09. The van der Waals surface area contributed by atoms with E-state index in [2.05, 4.69) is 0 Å². The van der Waals surface area contributed by atoms with Crippen molar-refractivity contribution in [1.82, 2.24) is 4.90 Å². The van der Waals surface area contributed by atoms with Crippen molar-refractivity contribution in [2.45, 2.75) is 26.3 Å². The third-order valence-corrected chi connectivity index (χ3v) is 3.09. The Balaban J connectivity index is 2.04. The number of fused-ring (bicyclic) bond motifs is 1. The van der Waals surface area contributed by atoms with E-state index in [1.54, 1.807) is 18.2 Å². The van der Waals surface area contributed by atoms with Gasteiger partial charge >= 0.3 is 0 Å². The molecule has 0 aliphatic heterocycles. The normalized spacial score (nSPS) is 10.6. The highest BCUT2D eigenvalue weighted by molar-refractivity contribution is 5.84. The lowest BCUT2D eigenvalue weighted by Crippen LogP contribution is -2.26. The number of hydrogen-bond acceptors (Lipinski definition) is 3. The van der Waals surface area contributed by atoms with Crippen molar-refractivity contribution in [1.29, 1.82) is 0 Å². The molecule has 0 radical (unpaired) electrons. The Morgan fingerprint density at radius 1 is 1.21 bits per heavy atom. The van der Waals surface area contributed by atoms with Crippen LogP contribution >= 0.6 is 0 Å². The quantitative estimate of drug-likeness (QED) is 0.829. The smallest absolute Gasteiger partial charge is 0.223 e. The van der Waals surface area contributed by atoms with Gasteiger partial charge in [0.05, 0.1) is 6.26 Å². The molecule has 2 aromatic rings. The van der Waals surface area contributed by atoms with Gasteiger partial charge in [-0.2, -0.15) is 0 Å². The van der Waals surface area contributed by atoms with Crippen LogP contribution in [0.1, 0.15) is 25.3 Å². The first-order chi connectivity index (χ1) is 9.08. The van der Waals surface area contributed by atoms with E-state index in [1.165, 1.54) is 6.92 Å². The Bertz CT molecular complexity index is 600. The highest BCUT2D eigenvalue weighted by Crippen LogP contribution is 2.21. The van der Waals surface area contributed by atoms with Crippen molar-refractivity contribution >= 4 is 22.7 Å². The molecular weight excluding hydrogens is 242 g/mol. The zero-order valence-electron chi connectivity index (χ0n) is 11.2. The summed E-state index contributed by atoms with van der Waals surface area (Å²) in [5.41, 5.74) is 1.80. The summed E-state index contributed by atoms with van der Waals surface area (Å²) in [6.45, 7) is 1.99. The van der Waals surface area contributed by atoms with Crippen LogP contribution in [0.3, 0.4) is 0 Å². The number of hydrogen-bond donors (Lipinski definition) is 0. The molecule has 1 amide bonds. The molecule has 1 heterocycles. The van der Waals surface area contributed by atoms with Crippen molar-refractivity contribution < 1.29 is 14.0 Å². The molecule has 4 nitrogen and oxygen atoms in total. The molecule has 1 aromatic carbocycles. The maximum absolute atomic E-state index is 11.9. The Kier molecular flexibility index (Phi) is 4.00. The lowest BCUT2D eigenvalue weighted by molar-refractivity contribution is -0.132. The Hall–Kier alpha value is -2.10. The number of carbonyl (C=O) groups is 2. The minimum absolute atomic E-state index is 0.0273. The topological polar surface area (TPSA) is 50.5 Å². The van der Waals surface area contributed by atoms with Crippen LogP contribution in [0.2, 0.25) is 0 Å². The van der Waals surface area contributed by atoms with Crippen molar-refractivity contribution in [3.63, 3.8) is 0 Å². The van der Waals surface area contributed by atoms with Crippen molar-refractivity contribution in [2.24, 2.45) is 0 Å². The molecule has 0 fully saturated rings. The fourth-order valence-electron chi connectivity index (χ4n) is 1.97. The fraction of sp³-hybridized carbons (Fsp3) is 0.333. The van der Waals surface area contributed by atoms with Crippen molar-refractivity contribution in [2.75, 3.05) is 7.05 Å². The minimum atomic E-state index is -0.0273. The molecule has 0 aliphatic carbocycles. The molecule has 0 N–H and O–H groups in total. The van der Waals surface area contributed by atoms with Crippen LogP contribution in [-0.2, 0) is 16.1 Å². The van der Waals surface area contributed by atoms with Gasteiger partial charge < -0.3 is 14.1 Å². The summed E-state index contributed by atoms with van der Waals surface area (Å²) >= 11 is 0. The van der Waals surface area contributed by atoms with Crippen LogP contribution in [0.4, 0.5) is 0 Å². The lowest BCUT2D eigenvalue weighted by Gasteiger charge is -2.16. The number of Topliss-reactive ketones (excluding diaryl/α,β-unsaturated/α-hetero) is 1. The summed E-state index contributed by atoms with van der Waals surface area (Å²) in [5, 5.41) is 1.02. The molecule has 0 unspecified atom stereocenters. The van der Waals surface area contributed by atoms with Gasteiger partial charge in [-0.25, -0.2) is 0 Å². The monoisotopic (exact) mass is 259 g/mol. The number of carbonyl (C=O) groups excluding carboxylic acids is 2. The molecule has 19 heavy (non-hydrogen) atoms. The predicted molar refractivity (Wildman–Crippen MR) is 72.6 cm³/mol. The Morgan fingerprint density at radius 2 is 1.95 bits per heavy atom. The zero-order chi connectivity index (χ0) is 13.8. The van der Waals surface area contributed by atoms with Crippen LogP contribution < -0.4 is 0 Å². The van der Waals surface area contributed by atoms with E-state index in [1.807, 2.05) is 24.3 Å². The minimum Gasteiger partial charge on any atom is -0.464 e. The van der Waals surface area contributed by atoms with E-state index in [0.717, 1.165) is 16.5 Å². The average Bonchev–Trinajstić information content (AvgIpc) is 2.79. The van der Waals surface area contributed by atoms with Crippen LogP contribution in [0.5, 0.6) is 0 Å². The second-order valence-electron chi connectivity index (χ2n) is 4.71. The SMILES string of the molecule is CC(=O)CCC(=O)N(C)Cc1coc2ccccc12. The number of amides is 1. The van der Waals surface area contributed by atoms with Crippen molar-refractivity contribution in [3.05, 3.63) is 36.1 Å². The van der Waals surface area contributed by atoms with Gasteiger partial charge in [-0.05, 0) is 13.0 Å². The van der Waals surface area contributed by atoms with Gasteiger partial charge in [-0.15, -0.1) is 0 Å². The van der Waals surface area contributed by atoms with E-state index in [-0.39, 0.29) is 18.1 Å². The molecule has 0 saturated heterocycles. The van der Waals surface area contributed by atoms with E-state index in [9.17, 15) is 9.59 Å². The molecule has 2 rings (SSSR count). The maximum atomic E-state index is 11.9. The van der Waals surface area contributed by atoms with E-state index < -0.39 is 0 Å². The molecule has 4 heteroatoms. The first-order valence-electron chi connectivity index (χ1n) is 6.26. The van der Waals surface area contributed by atoms with Crippen LogP contribution in [0, 0.1) is 0 Å². The van der Waals surface area contributed by atoms with Crippen LogP contribution in [-0.4, -0.2) is 23.6 Å². The van der Waals surface area contributed by atoms with Gasteiger partial charge in [-0.3, -0.25) is 4.79 Å². The molecule has 1 aromatic heterocycles. The number of benzene rings is 1. The second kappa shape index (κ2) is 5.69. The molecule has 0 spiro atoms. The van der Waals surface area contributed by atoms with Gasteiger partial charge in [0.25, 0.3) is 0 Å². The molecule has 100 valence electrons. The summed E-state index contributed by atoms with van der Waals surface area (Å²) in [5.74, 6) is 0.0102. The average molecular weight is 259 g/mol. The highest BCUT2D eigenvalue weighted by Gasteiger charge is 2.13. The number of furan rings is 1. The summed E-state index contributed by atoms with van der Waals surface area (Å²) in [4.78, 5) is 24.4. The van der Waals surface area contributed by atoms with E-state index >= 15 is 0 Å². The molecule has 0 atom stereocenters. The maximum Gasteiger partial charge on any atom is 0.223 e. The molecule has 0 aliphatic rings. The van der Waals surface area contributed by atoms with Gasteiger partial charge in [0.2, 0.25) is 5.91 Å². The summed E-state index contributed by atoms with van der Waals surface area (Å²) in [6.07, 6.45) is 2.25. The summed E-state index contributed by atoms with van der Waals surface area (Å²) in [6, 6.07) is 7.73. The number of para-hydroxylation sites is 1. The second-order valence-corrected chi connectivity index (χ2v) is 4.71. The van der Waals surface area contributed by atoms with Gasteiger partial charge in [0.15, 0.2) is 0 Å². The van der Waals surface area contributed by atoms with Gasteiger partial charge in [0.1, 0.15) is 11.4 Å². The molecular formula is C15H17NO3. The number of nitrogens with zero attached hydrogens (tertiary/aromatic N) is 1. The van der Waals surface area contributed by atoms with Gasteiger partial charge in [0, 0.05) is 37.4 Å². The Morgan fingerprint density at radius 3 is 2.68 bits per heavy atom. The first kappa shape index (κ1) is 13.3. The number of ketones is 1. The lowest BCUT2D eigenvalue weighted by atomic mass is 10.1. The van der Waals surface area contributed by atoms with Crippen LogP contribution in [0.25, 0.3) is 11.0 Å². The summed E-state index contributed by atoms with van der Waals surface area (Å²) in [7, 11) is 1.74. The first-order valence-corrected chi connectivity index (χ1v) is 6.26. The number of rotatable bonds is 5. The predicted octanol–water partition coefficient (Wildman–Crippen LogP) is 2.76. The van der Waals surface area contributed by atoms with E-state index in [4.69, 9.17) is 4.42 Å². The fourth-order valence-corrected chi connectivity index (χ4v) is 1.97. The largest absolute Gasteiger partial charge is 0.464 e. The van der Waals surface area contributed by atoms with E-state index in [0.29, 0.717) is 13.0 Å². The molecule has 0 saturated carbocycles. The summed E-state index contributed by atoms with van der Waals surface area (Å²) < 4.78 is 5.44. The zero-order valence-corrected chi connectivity index (χ0v) is 11.2.